The Kier molecular flexibility index (Phi) is 7.15. The van der Waals surface area contributed by atoms with Crippen LogP contribution in [-0.4, -0.2) is 28.7 Å². The van der Waals surface area contributed by atoms with E-state index in [0.29, 0.717) is 18.0 Å². The summed E-state index contributed by atoms with van der Waals surface area (Å²) < 4.78 is 36.6. The Balaban J connectivity index is 1.63. The fraction of sp³-hybridized carbons (Fsp3) is 0.182. The van der Waals surface area contributed by atoms with Crippen molar-refractivity contribution < 1.29 is 23.0 Å². The molecular formula is C22H21F2N3O3. The van der Waals surface area contributed by atoms with Crippen LogP contribution in [0.15, 0.2) is 67.0 Å². The van der Waals surface area contributed by atoms with Crippen molar-refractivity contribution >= 4 is 12.0 Å². The third-order valence-corrected chi connectivity index (χ3v) is 4.08. The Morgan fingerprint density at radius 1 is 1.20 bits per heavy atom. The zero-order chi connectivity index (χ0) is 21.3. The normalized spacial score (nSPS) is 11.1. The molecule has 0 unspecified atom stereocenters. The van der Waals surface area contributed by atoms with Crippen LogP contribution in [0.3, 0.4) is 0 Å². The summed E-state index contributed by atoms with van der Waals surface area (Å²) in [6.07, 6.45) is 6.41. The Bertz CT molecular complexity index is 1000. The summed E-state index contributed by atoms with van der Waals surface area (Å²) in [4.78, 5) is 16.5. The van der Waals surface area contributed by atoms with E-state index in [4.69, 9.17) is 4.74 Å². The standard InChI is InChI=1S/C22H21F2N3O3/c1-2-29-19-14-16(8-10-18(19)30-22(23)24)9-11-21(28)26-15-20-25-12-13-27(20)17-6-4-3-5-7-17/h3-14,22H,2,15H2,1H3,(H,26,28)/b11-9+. The smallest absolute Gasteiger partial charge is 0.387 e. The van der Waals surface area contributed by atoms with Gasteiger partial charge in [-0.1, -0.05) is 24.3 Å². The second-order valence-corrected chi connectivity index (χ2v) is 6.12. The number of amides is 1. The number of aromatic nitrogens is 2. The van der Waals surface area contributed by atoms with Crippen LogP contribution in [0, 0.1) is 0 Å². The van der Waals surface area contributed by atoms with Crippen molar-refractivity contribution in [3.63, 3.8) is 0 Å². The lowest BCUT2D eigenvalue weighted by molar-refractivity contribution is -0.116. The van der Waals surface area contributed by atoms with Crippen LogP contribution in [0.1, 0.15) is 18.3 Å². The van der Waals surface area contributed by atoms with Gasteiger partial charge in [-0.2, -0.15) is 8.78 Å². The highest BCUT2D eigenvalue weighted by Crippen LogP contribution is 2.30. The zero-order valence-corrected chi connectivity index (χ0v) is 16.3. The van der Waals surface area contributed by atoms with Crippen molar-refractivity contribution in [3.8, 4) is 17.2 Å². The number of nitrogens with one attached hydrogen (secondary N) is 1. The molecule has 1 aromatic heterocycles. The first-order valence-electron chi connectivity index (χ1n) is 9.32. The van der Waals surface area contributed by atoms with E-state index in [1.165, 1.54) is 18.2 Å². The van der Waals surface area contributed by atoms with E-state index >= 15 is 0 Å². The van der Waals surface area contributed by atoms with E-state index in [0.717, 1.165) is 5.69 Å². The molecule has 0 fully saturated rings. The van der Waals surface area contributed by atoms with Gasteiger partial charge in [0, 0.05) is 24.2 Å². The Labute approximate surface area is 172 Å². The molecule has 6 nitrogen and oxygen atoms in total. The summed E-state index contributed by atoms with van der Waals surface area (Å²) in [5.41, 5.74) is 1.56. The number of rotatable bonds is 9. The molecule has 0 atom stereocenters. The van der Waals surface area contributed by atoms with Gasteiger partial charge in [0.15, 0.2) is 11.5 Å². The molecule has 1 N–H and O–H groups in total. The Hall–Kier alpha value is -3.68. The molecular weight excluding hydrogens is 392 g/mol. The van der Waals surface area contributed by atoms with Crippen LogP contribution in [0.4, 0.5) is 8.78 Å². The number of imidazole rings is 1. The monoisotopic (exact) mass is 413 g/mol. The van der Waals surface area contributed by atoms with Gasteiger partial charge in [0.1, 0.15) is 5.82 Å². The van der Waals surface area contributed by atoms with Gasteiger partial charge in [0.25, 0.3) is 0 Å². The number of carbonyl (C=O) groups excluding carboxylic acids is 1. The quantitative estimate of drug-likeness (QED) is 0.534. The zero-order valence-electron chi connectivity index (χ0n) is 16.3. The minimum atomic E-state index is -2.94. The Morgan fingerprint density at radius 3 is 2.73 bits per heavy atom. The lowest BCUT2D eigenvalue weighted by Gasteiger charge is -2.11. The van der Waals surface area contributed by atoms with Crippen molar-refractivity contribution in [2.75, 3.05) is 6.61 Å². The molecule has 30 heavy (non-hydrogen) atoms. The number of hydrogen-bond acceptors (Lipinski definition) is 4. The molecule has 1 amide bonds. The van der Waals surface area contributed by atoms with Gasteiger partial charge in [-0.15, -0.1) is 0 Å². The topological polar surface area (TPSA) is 65.4 Å². The SMILES string of the molecule is CCOc1cc(/C=C/C(=O)NCc2nccn2-c2ccccc2)ccc1OC(F)F. The number of hydrogen-bond donors (Lipinski definition) is 1. The predicted molar refractivity (Wildman–Crippen MR) is 109 cm³/mol. The summed E-state index contributed by atoms with van der Waals surface area (Å²) >= 11 is 0. The van der Waals surface area contributed by atoms with Gasteiger partial charge < -0.3 is 19.4 Å². The summed E-state index contributed by atoms with van der Waals surface area (Å²) in [6, 6.07) is 14.2. The first-order valence-corrected chi connectivity index (χ1v) is 9.32. The first-order chi connectivity index (χ1) is 14.6. The van der Waals surface area contributed by atoms with Gasteiger partial charge in [0.05, 0.1) is 13.2 Å². The summed E-state index contributed by atoms with van der Waals surface area (Å²) in [6.45, 7) is -0.668. The van der Waals surface area contributed by atoms with Crippen LogP contribution in [0.5, 0.6) is 11.5 Å². The van der Waals surface area contributed by atoms with E-state index in [9.17, 15) is 13.6 Å². The molecule has 0 saturated heterocycles. The van der Waals surface area contributed by atoms with E-state index in [1.54, 1.807) is 25.3 Å². The van der Waals surface area contributed by atoms with Crippen molar-refractivity contribution in [2.45, 2.75) is 20.1 Å². The maximum absolute atomic E-state index is 12.5. The fourth-order valence-electron chi connectivity index (χ4n) is 2.78. The number of para-hydroxylation sites is 1. The third-order valence-electron chi connectivity index (χ3n) is 4.08. The summed E-state index contributed by atoms with van der Waals surface area (Å²) in [5, 5.41) is 2.78. The molecule has 0 spiro atoms. The minimum Gasteiger partial charge on any atom is -0.490 e. The highest BCUT2D eigenvalue weighted by molar-refractivity contribution is 5.91. The number of alkyl halides is 2. The third kappa shape index (κ3) is 5.66. The van der Waals surface area contributed by atoms with Crippen LogP contribution < -0.4 is 14.8 Å². The largest absolute Gasteiger partial charge is 0.490 e. The van der Waals surface area contributed by atoms with E-state index in [1.807, 2.05) is 41.1 Å². The average Bonchev–Trinajstić information content (AvgIpc) is 3.21. The predicted octanol–water partition coefficient (Wildman–Crippen LogP) is 4.20. The van der Waals surface area contributed by atoms with E-state index in [2.05, 4.69) is 15.0 Å². The molecule has 0 aliphatic rings. The molecule has 0 aliphatic carbocycles. The lowest BCUT2D eigenvalue weighted by Crippen LogP contribution is -2.22. The molecule has 1 heterocycles. The number of benzene rings is 2. The molecule has 8 heteroatoms. The van der Waals surface area contributed by atoms with Crippen LogP contribution in [0.2, 0.25) is 0 Å². The molecule has 0 saturated carbocycles. The van der Waals surface area contributed by atoms with Crippen LogP contribution in [0.25, 0.3) is 11.8 Å². The van der Waals surface area contributed by atoms with Crippen LogP contribution >= 0.6 is 0 Å². The van der Waals surface area contributed by atoms with Gasteiger partial charge >= 0.3 is 6.61 Å². The second kappa shape index (κ2) is 10.2. The number of nitrogens with zero attached hydrogens (tertiary/aromatic N) is 2. The molecule has 3 rings (SSSR count). The number of halogens is 2. The molecule has 156 valence electrons. The molecule has 0 aliphatic heterocycles. The fourth-order valence-corrected chi connectivity index (χ4v) is 2.78. The van der Waals surface area contributed by atoms with E-state index < -0.39 is 6.61 Å². The van der Waals surface area contributed by atoms with Gasteiger partial charge in [0.2, 0.25) is 5.91 Å². The highest BCUT2D eigenvalue weighted by Gasteiger charge is 2.11. The van der Waals surface area contributed by atoms with Crippen molar-refractivity contribution in [3.05, 3.63) is 78.4 Å². The number of carbonyl (C=O) groups is 1. The van der Waals surface area contributed by atoms with Gasteiger partial charge in [-0.3, -0.25) is 4.79 Å². The maximum atomic E-state index is 12.5. The van der Waals surface area contributed by atoms with Gasteiger partial charge in [-0.05, 0) is 42.8 Å². The lowest BCUT2D eigenvalue weighted by atomic mass is 10.2. The van der Waals surface area contributed by atoms with E-state index in [-0.39, 0.29) is 24.0 Å². The second-order valence-electron chi connectivity index (χ2n) is 6.12. The van der Waals surface area contributed by atoms with Crippen molar-refractivity contribution in [2.24, 2.45) is 0 Å². The summed E-state index contributed by atoms with van der Waals surface area (Å²) in [7, 11) is 0. The minimum absolute atomic E-state index is 0.0544. The van der Waals surface area contributed by atoms with Crippen LogP contribution in [-0.2, 0) is 11.3 Å². The summed E-state index contributed by atoms with van der Waals surface area (Å²) in [5.74, 6) is 0.505. The Morgan fingerprint density at radius 2 is 2.00 bits per heavy atom. The molecule has 3 aromatic rings. The molecule has 2 aromatic carbocycles. The molecule has 0 bridgehead atoms. The van der Waals surface area contributed by atoms with Crippen molar-refractivity contribution in [1.82, 2.24) is 14.9 Å². The average molecular weight is 413 g/mol. The highest BCUT2D eigenvalue weighted by atomic mass is 19.3. The van der Waals surface area contributed by atoms with Gasteiger partial charge in [-0.25, -0.2) is 4.98 Å². The van der Waals surface area contributed by atoms with Crippen molar-refractivity contribution in [1.29, 1.82) is 0 Å². The molecule has 0 radical (unpaired) electrons. The maximum Gasteiger partial charge on any atom is 0.387 e. The first kappa shape index (κ1) is 21.0. The number of ether oxygens (including phenoxy) is 2.